The second-order valence-electron chi connectivity index (χ2n) is 7.59. The quantitative estimate of drug-likeness (QED) is 0.285. The Balaban J connectivity index is 1.60. The number of amides is 1. The molecular weight excluding hydrogens is 452 g/mol. The molecule has 2 aromatic carbocycles. The van der Waals surface area contributed by atoms with Crippen LogP contribution in [0.5, 0.6) is 0 Å². The lowest BCUT2D eigenvalue weighted by molar-refractivity contribution is 0.107. The molecule has 3 N–H and O–H groups in total. The third kappa shape index (κ3) is 5.49. The highest BCUT2D eigenvalue weighted by molar-refractivity contribution is 7.99. The van der Waals surface area contributed by atoms with Crippen molar-refractivity contribution in [1.82, 2.24) is 15.2 Å². The molecule has 0 saturated carbocycles. The fourth-order valence-corrected chi connectivity index (χ4v) is 4.54. The Morgan fingerprint density at radius 1 is 1.09 bits per heavy atom. The highest BCUT2D eigenvalue weighted by atomic mass is 32.2. The molecule has 2 heterocycles. The fraction of sp³-hybridized carbons (Fsp3) is 0.240. The van der Waals surface area contributed by atoms with Gasteiger partial charge in [-0.2, -0.15) is 0 Å². The Morgan fingerprint density at radius 2 is 1.88 bits per heavy atom. The predicted octanol–water partition coefficient (Wildman–Crippen LogP) is 5.22. The number of hydrogen-bond acceptors (Lipinski definition) is 6. The summed E-state index contributed by atoms with van der Waals surface area (Å²) >= 11 is 1.58. The Kier molecular flexibility index (Phi) is 7.66. The summed E-state index contributed by atoms with van der Waals surface area (Å²) in [5.74, 6) is 0. The third-order valence-electron chi connectivity index (χ3n) is 5.14. The number of H-pyrrole nitrogens is 2. The summed E-state index contributed by atoms with van der Waals surface area (Å²) in [6.07, 6.45) is 1.14. The number of anilines is 1. The minimum Gasteiger partial charge on any atom is -0.447 e. The van der Waals surface area contributed by atoms with Gasteiger partial charge in [0.2, 0.25) is 0 Å². The van der Waals surface area contributed by atoms with Crippen molar-refractivity contribution < 1.29 is 14.3 Å². The van der Waals surface area contributed by atoms with Gasteiger partial charge in [0.25, 0.3) is 5.56 Å². The molecule has 8 nitrogen and oxygen atoms in total. The van der Waals surface area contributed by atoms with Crippen LogP contribution in [0.2, 0.25) is 0 Å². The number of aromatic amines is 2. The first-order valence-electron chi connectivity index (χ1n) is 11.0. The zero-order valence-electron chi connectivity index (χ0n) is 19.0. The topological polar surface area (TPSA) is 109 Å². The first kappa shape index (κ1) is 23.6. The number of aromatic nitrogens is 3. The number of pyridine rings is 1. The molecule has 2 aromatic heterocycles. The van der Waals surface area contributed by atoms with E-state index in [1.54, 1.807) is 18.9 Å². The van der Waals surface area contributed by atoms with Crippen molar-refractivity contribution in [1.29, 1.82) is 0 Å². The van der Waals surface area contributed by atoms with Crippen LogP contribution in [0.25, 0.3) is 22.2 Å². The number of nitrogens with one attached hydrogen (secondary N) is 3. The average molecular weight is 479 g/mol. The lowest BCUT2D eigenvalue weighted by Crippen LogP contribution is -2.16. The molecular formula is C25H26N4O4S. The number of hydrogen-bond donors (Lipinski definition) is 3. The van der Waals surface area contributed by atoms with E-state index in [9.17, 15) is 9.59 Å². The van der Waals surface area contributed by atoms with Crippen LogP contribution in [0, 0.1) is 0 Å². The summed E-state index contributed by atoms with van der Waals surface area (Å²) in [6.45, 7) is 2.61. The summed E-state index contributed by atoms with van der Waals surface area (Å²) in [7, 11) is 1.55. The maximum atomic E-state index is 12.5. The molecule has 1 amide bonds. The second-order valence-corrected chi connectivity index (χ2v) is 8.70. The fourth-order valence-electron chi connectivity index (χ4n) is 3.56. The van der Waals surface area contributed by atoms with Crippen LogP contribution in [0.3, 0.4) is 0 Å². The summed E-state index contributed by atoms with van der Waals surface area (Å²) in [4.78, 5) is 31.1. The van der Waals surface area contributed by atoms with Crippen molar-refractivity contribution in [2.45, 2.75) is 29.6 Å². The predicted molar refractivity (Wildman–Crippen MR) is 134 cm³/mol. The van der Waals surface area contributed by atoms with E-state index in [2.05, 4.69) is 22.4 Å². The van der Waals surface area contributed by atoms with Gasteiger partial charge < -0.3 is 14.6 Å². The maximum Gasteiger partial charge on any atom is 0.411 e. The number of ether oxygens (including phenoxy) is 2. The number of aryl methyl sites for hydroxylation is 1. The Morgan fingerprint density at radius 3 is 2.65 bits per heavy atom. The van der Waals surface area contributed by atoms with Crippen LogP contribution in [0.15, 0.2) is 69.2 Å². The number of methoxy groups -OCH3 is 1. The van der Waals surface area contributed by atoms with Crippen LogP contribution in [0.1, 0.15) is 19.0 Å². The Labute approximate surface area is 201 Å². The van der Waals surface area contributed by atoms with Crippen molar-refractivity contribution in [3.63, 3.8) is 0 Å². The molecule has 34 heavy (non-hydrogen) atoms. The number of rotatable bonds is 9. The number of carbonyl (C=O) groups is 1. The lowest BCUT2D eigenvalue weighted by Gasteiger charge is -2.10. The molecule has 4 aromatic rings. The molecule has 0 aliphatic rings. The smallest absolute Gasteiger partial charge is 0.411 e. The van der Waals surface area contributed by atoms with Gasteiger partial charge in [-0.3, -0.25) is 15.2 Å². The molecule has 0 atom stereocenters. The molecule has 4 rings (SSSR count). The van der Waals surface area contributed by atoms with Gasteiger partial charge in [0.1, 0.15) is 6.61 Å². The first-order chi connectivity index (χ1) is 16.6. The van der Waals surface area contributed by atoms with Gasteiger partial charge in [-0.25, -0.2) is 9.78 Å². The monoisotopic (exact) mass is 478 g/mol. The molecule has 0 aliphatic heterocycles. The van der Waals surface area contributed by atoms with E-state index < -0.39 is 6.09 Å². The highest BCUT2D eigenvalue weighted by Crippen LogP contribution is 2.36. The maximum absolute atomic E-state index is 12.5. The lowest BCUT2D eigenvalue weighted by atomic mass is 10.1. The highest BCUT2D eigenvalue weighted by Gasteiger charge is 2.16. The van der Waals surface area contributed by atoms with Crippen LogP contribution in [-0.4, -0.2) is 41.6 Å². The molecule has 0 radical (unpaired) electrons. The van der Waals surface area contributed by atoms with Crippen molar-refractivity contribution >= 4 is 34.4 Å². The number of para-hydroxylation sites is 1. The van der Waals surface area contributed by atoms with Gasteiger partial charge >= 0.3 is 6.09 Å². The van der Waals surface area contributed by atoms with Gasteiger partial charge in [-0.15, -0.1) is 0 Å². The van der Waals surface area contributed by atoms with Crippen LogP contribution in [-0.2, 0) is 15.9 Å². The van der Waals surface area contributed by atoms with Crippen LogP contribution in [0.4, 0.5) is 10.5 Å². The van der Waals surface area contributed by atoms with Crippen molar-refractivity contribution in [3.8, 4) is 11.3 Å². The zero-order chi connectivity index (χ0) is 23.9. The van der Waals surface area contributed by atoms with Crippen molar-refractivity contribution in [2.24, 2.45) is 0 Å². The van der Waals surface area contributed by atoms with Crippen LogP contribution < -0.4 is 10.9 Å². The summed E-state index contributed by atoms with van der Waals surface area (Å²) < 4.78 is 9.90. The van der Waals surface area contributed by atoms with E-state index in [1.807, 2.05) is 54.6 Å². The Hall–Kier alpha value is -3.56. The van der Waals surface area contributed by atoms with Gasteiger partial charge in [0.15, 0.2) is 0 Å². The van der Waals surface area contributed by atoms with Crippen molar-refractivity contribution in [3.05, 3.63) is 70.6 Å². The largest absolute Gasteiger partial charge is 0.447 e. The minimum atomic E-state index is -0.526. The summed E-state index contributed by atoms with van der Waals surface area (Å²) in [5.41, 5.74) is 3.37. The standard InChI is InChI=1S/C25H26N4O4S/c1-3-6-20-23(24(30)29-28-20)21-15-22(18-7-4-5-8-19(18)27-21)34-17-11-9-16(10-12-17)26-25(31)33-14-13-32-2/h4-5,7-12,15H,3,6,13-14H2,1-2H3,(H,26,31)(H2,28,29,30). The number of benzene rings is 2. The molecule has 0 bridgehead atoms. The van der Waals surface area contributed by atoms with Gasteiger partial charge in [-0.05, 0) is 42.8 Å². The minimum absolute atomic E-state index is 0.171. The van der Waals surface area contributed by atoms with E-state index in [0.717, 1.165) is 39.2 Å². The van der Waals surface area contributed by atoms with Crippen molar-refractivity contribution in [2.75, 3.05) is 25.6 Å². The molecule has 176 valence electrons. The van der Waals surface area contributed by atoms with Gasteiger partial charge in [-0.1, -0.05) is 43.3 Å². The summed E-state index contributed by atoms with van der Waals surface area (Å²) in [5, 5.41) is 9.39. The SMILES string of the molecule is CCCc1[nH][nH]c(=O)c1-c1cc(Sc2ccc(NC(=O)OCCOC)cc2)c2ccccc2n1. The van der Waals surface area contributed by atoms with E-state index in [-0.39, 0.29) is 12.2 Å². The molecule has 0 saturated heterocycles. The molecule has 0 aliphatic carbocycles. The molecule has 9 heteroatoms. The molecule has 0 fully saturated rings. The van der Waals surface area contributed by atoms with E-state index >= 15 is 0 Å². The van der Waals surface area contributed by atoms with E-state index in [4.69, 9.17) is 14.5 Å². The van der Waals surface area contributed by atoms with E-state index in [0.29, 0.717) is 23.6 Å². The zero-order valence-corrected chi connectivity index (χ0v) is 19.8. The molecule has 0 spiro atoms. The normalized spacial score (nSPS) is 11.0. The number of fused-ring (bicyclic) bond motifs is 1. The number of carbonyl (C=O) groups excluding carboxylic acids is 1. The Bertz CT molecular complexity index is 1330. The summed E-state index contributed by atoms with van der Waals surface area (Å²) in [6, 6.07) is 17.3. The van der Waals surface area contributed by atoms with E-state index in [1.165, 1.54) is 0 Å². The number of nitrogens with zero attached hydrogens (tertiary/aromatic N) is 1. The van der Waals surface area contributed by atoms with Crippen LogP contribution >= 0.6 is 11.8 Å². The molecule has 0 unspecified atom stereocenters. The van der Waals surface area contributed by atoms with Gasteiger partial charge in [0.05, 0.1) is 23.4 Å². The third-order valence-corrected chi connectivity index (χ3v) is 6.20. The second kappa shape index (κ2) is 11.0. The first-order valence-corrected chi connectivity index (χ1v) is 11.8. The average Bonchev–Trinajstić information content (AvgIpc) is 3.20. The van der Waals surface area contributed by atoms with Gasteiger partial charge in [0, 0.05) is 33.7 Å².